The molecule has 1 aliphatic rings. The summed E-state index contributed by atoms with van der Waals surface area (Å²) in [6.45, 7) is 4.67. The summed E-state index contributed by atoms with van der Waals surface area (Å²) in [5.41, 5.74) is 1.28. The number of halogens is 1. The number of hydrogen-bond acceptors (Lipinski definition) is 3. The normalized spacial score (nSPS) is 18.1. The van der Waals surface area contributed by atoms with E-state index in [2.05, 4.69) is 38.0 Å². The zero-order valence-electron chi connectivity index (χ0n) is 11.9. The lowest BCUT2D eigenvalue weighted by Crippen LogP contribution is -2.30. The quantitative estimate of drug-likeness (QED) is 0.835. The molecule has 0 aliphatic heterocycles. The molecule has 1 atom stereocenters. The molecule has 0 amide bonds. The van der Waals surface area contributed by atoms with E-state index in [1.807, 2.05) is 6.20 Å². The number of ether oxygens (including phenoxy) is 1. The Hall–Kier alpha value is -0.390. The van der Waals surface area contributed by atoms with Crippen molar-refractivity contribution in [3.8, 4) is 0 Å². The first kappa shape index (κ1) is 15.0. The van der Waals surface area contributed by atoms with Gasteiger partial charge in [-0.3, -0.25) is 4.68 Å². The summed E-state index contributed by atoms with van der Waals surface area (Å²) in [5.74, 6) is 0.731. The number of nitrogens with zero attached hydrogens (tertiary/aromatic N) is 2. The second kappa shape index (κ2) is 7.41. The molecule has 108 valence electrons. The van der Waals surface area contributed by atoms with Crippen LogP contribution in [0.2, 0.25) is 0 Å². The third kappa shape index (κ3) is 3.58. The van der Waals surface area contributed by atoms with Crippen molar-refractivity contribution in [3.05, 3.63) is 16.4 Å². The third-order valence-electron chi connectivity index (χ3n) is 3.93. The zero-order chi connectivity index (χ0) is 13.7. The van der Waals surface area contributed by atoms with Crippen LogP contribution in [-0.2, 0) is 11.3 Å². The van der Waals surface area contributed by atoms with Gasteiger partial charge in [-0.2, -0.15) is 5.10 Å². The summed E-state index contributed by atoms with van der Waals surface area (Å²) in [6, 6.07) is 0.404. The molecule has 1 fully saturated rings. The van der Waals surface area contributed by atoms with Gasteiger partial charge in [-0.25, -0.2) is 0 Å². The summed E-state index contributed by atoms with van der Waals surface area (Å²) in [5, 5.41) is 8.13. The Morgan fingerprint density at radius 1 is 1.53 bits per heavy atom. The van der Waals surface area contributed by atoms with E-state index in [9.17, 15) is 0 Å². The van der Waals surface area contributed by atoms with Crippen molar-refractivity contribution in [2.24, 2.45) is 5.92 Å². The van der Waals surface area contributed by atoms with E-state index in [1.165, 1.54) is 31.4 Å². The molecule has 1 N–H and O–H groups in total. The highest BCUT2D eigenvalue weighted by atomic mass is 79.9. The number of nitrogens with one attached hydrogen (secondary N) is 1. The molecule has 1 aromatic heterocycles. The molecule has 1 aromatic rings. The fourth-order valence-electron chi connectivity index (χ4n) is 3.03. The van der Waals surface area contributed by atoms with E-state index >= 15 is 0 Å². The molecule has 5 heteroatoms. The maximum Gasteiger partial charge on any atom is 0.0699 e. The van der Waals surface area contributed by atoms with E-state index in [1.54, 1.807) is 7.11 Å². The minimum Gasteiger partial charge on any atom is -0.383 e. The Labute approximate surface area is 124 Å². The maximum absolute atomic E-state index is 5.18. The van der Waals surface area contributed by atoms with Crippen LogP contribution in [0.5, 0.6) is 0 Å². The van der Waals surface area contributed by atoms with E-state index in [0.29, 0.717) is 12.6 Å². The molecule has 2 rings (SSSR count). The molecule has 0 bridgehead atoms. The van der Waals surface area contributed by atoms with E-state index in [0.717, 1.165) is 23.5 Å². The summed E-state index contributed by atoms with van der Waals surface area (Å²) >= 11 is 3.66. The molecule has 1 unspecified atom stereocenters. The summed E-state index contributed by atoms with van der Waals surface area (Å²) in [7, 11) is 1.73. The predicted molar refractivity (Wildman–Crippen MR) is 80.2 cm³/mol. The summed E-state index contributed by atoms with van der Waals surface area (Å²) < 4.78 is 8.37. The Kier molecular flexibility index (Phi) is 5.85. The van der Waals surface area contributed by atoms with Gasteiger partial charge in [0.25, 0.3) is 0 Å². The van der Waals surface area contributed by atoms with Crippen LogP contribution in [0.25, 0.3) is 0 Å². The van der Waals surface area contributed by atoms with Gasteiger partial charge in [-0.1, -0.05) is 19.8 Å². The molecule has 4 nitrogen and oxygen atoms in total. The van der Waals surface area contributed by atoms with Crippen molar-refractivity contribution >= 4 is 15.9 Å². The first-order valence-corrected chi connectivity index (χ1v) is 8.00. The number of hydrogen-bond donors (Lipinski definition) is 1. The summed E-state index contributed by atoms with van der Waals surface area (Å²) in [6.07, 6.45) is 7.26. The molecular weight excluding hydrogens is 306 g/mol. The third-order valence-corrected chi connectivity index (χ3v) is 4.54. The van der Waals surface area contributed by atoms with Crippen LogP contribution in [0.1, 0.15) is 44.3 Å². The van der Waals surface area contributed by atoms with Gasteiger partial charge in [0.05, 0.1) is 35.6 Å². The van der Waals surface area contributed by atoms with Gasteiger partial charge < -0.3 is 10.1 Å². The zero-order valence-corrected chi connectivity index (χ0v) is 13.4. The van der Waals surface area contributed by atoms with Crippen molar-refractivity contribution < 1.29 is 4.74 Å². The second-order valence-corrected chi connectivity index (χ2v) is 6.03. The van der Waals surface area contributed by atoms with Crippen molar-refractivity contribution in [2.75, 3.05) is 20.3 Å². The summed E-state index contributed by atoms with van der Waals surface area (Å²) in [4.78, 5) is 0. The Morgan fingerprint density at radius 3 is 2.89 bits per heavy atom. The van der Waals surface area contributed by atoms with Gasteiger partial charge in [-0.05, 0) is 41.2 Å². The molecule has 0 saturated heterocycles. The average Bonchev–Trinajstić information content (AvgIpc) is 3.04. The van der Waals surface area contributed by atoms with Crippen LogP contribution < -0.4 is 5.32 Å². The van der Waals surface area contributed by atoms with E-state index < -0.39 is 0 Å². The topological polar surface area (TPSA) is 39.1 Å². The average molecular weight is 330 g/mol. The second-order valence-electron chi connectivity index (χ2n) is 5.17. The number of aromatic nitrogens is 2. The molecule has 1 heterocycles. The minimum atomic E-state index is 0.404. The first-order chi connectivity index (χ1) is 9.27. The SMILES string of the molecule is CCNC(c1c(Br)cnn1CCOC)C1CCCC1. The van der Waals surface area contributed by atoms with Crippen molar-refractivity contribution in [1.82, 2.24) is 15.1 Å². The monoisotopic (exact) mass is 329 g/mol. The number of rotatable bonds is 7. The Bertz CT molecular complexity index is 388. The Balaban J connectivity index is 2.21. The lowest BCUT2D eigenvalue weighted by molar-refractivity contribution is 0.180. The lowest BCUT2D eigenvalue weighted by Gasteiger charge is -2.25. The highest BCUT2D eigenvalue weighted by Crippen LogP contribution is 2.38. The van der Waals surface area contributed by atoms with Crippen LogP contribution in [0.15, 0.2) is 10.7 Å². The highest BCUT2D eigenvalue weighted by molar-refractivity contribution is 9.10. The molecule has 1 saturated carbocycles. The van der Waals surface area contributed by atoms with E-state index in [4.69, 9.17) is 4.74 Å². The van der Waals surface area contributed by atoms with Crippen LogP contribution in [0.3, 0.4) is 0 Å². The standard InChI is InChI=1S/C14H24BrN3O/c1-3-16-13(11-6-4-5-7-11)14-12(15)10-17-18(14)8-9-19-2/h10-11,13,16H,3-9H2,1-2H3. The molecule has 0 radical (unpaired) electrons. The van der Waals surface area contributed by atoms with Gasteiger partial charge in [-0.15, -0.1) is 0 Å². The van der Waals surface area contributed by atoms with Gasteiger partial charge in [0, 0.05) is 7.11 Å². The fraction of sp³-hybridized carbons (Fsp3) is 0.786. The van der Waals surface area contributed by atoms with Crippen molar-refractivity contribution in [2.45, 2.75) is 45.2 Å². The van der Waals surface area contributed by atoms with E-state index in [-0.39, 0.29) is 0 Å². The lowest BCUT2D eigenvalue weighted by atomic mass is 9.95. The van der Waals surface area contributed by atoms with Crippen LogP contribution in [-0.4, -0.2) is 30.0 Å². The predicted octanol–water partition coefficient (Wildman–Crippen LogP) is 3.13. The van der Waals surface area contributed by atoms with Gasteiger partial charge in [0.1, 0.15) is 0 Å². The van der Waals surface area contributed by atoms with Crippen LogP contribution in [0, 0.1) is 5.92 Å². The molecular formula is C14H24BrN3O. The fourth-order valence-corrected chi connectivity index (χ4v) is 3.58. The first-order valence-electron chi connectivity index (χ1n) is 7.21. The van der Waals surface area contributed by atoms with Gasteiger partial charge >= 0.3 is 0 Å². The molecule has 0 spiro atoms. The smallest absolute Gasteiger partial charge is 0.0699 e. The molecule has 19 heavy (non-hydrogen) atoms. The largest absolute Gasteiger partial charge is 0.383 e. The van der Waals surface area contributed by atoms with Crippen LogP contribution >= 0.6 is 15.9 Å². The Morgan fingerprint density at radius 2 is 2.26 bits per heavy atom. The molecule has 1 aliphatic carbocycles. The van der Waals surface area contributed by atoms with Crippen molar-refractivity contribution in [1.29, 1.82) is 0 Å². The van der Waals surface area contributed by atoms with Crippen LogP contribution in [0.4, 0.5) is 0 Å². The van der Waals surface area contributed by atoms with Gasteiger partial charge in [0.2, 0.25) is 0 Å². The highest BCUT2D eigenvalue weighted by Gasteiger charge is 2.29. The van der Waals surface area contributed by atoms with Gasteiger partial charge in [0.15, 0.2) is 0 Å². The molecule has 0 aromatic carbocycles. The maximum atomic E-state index is 5.18. The van der Waals surface area contributed by atoms with Crippen molar-refractivity contribution in [3.63, 3.8) is 0 Å². The number of methoxy groups -OCH3 is 1. The minimum absolute atomic E-state index is 0.404.